The molecule has 2 amide bonds. The van der Waals surface area contributed by atoms with Gasteiger partial charge in [-0.1, -0.05) is 0 Å². The first-order valence-corrected chi connectivity index (χ1v) is 6.23. The SMILES string of the molecule is CCNc1cc(C)ncc1C(=O)NC(C)CC(N)=O. The lowest BCUT2D eigenvalue weighted by Gasteiger charge is -2.15. The molecule has 1 rings (SSSR count). The fourth-order valence-electron chi connectivity index (χ4n) is 1.73. The van der Waals surface area contributed by atoms with Gasteiger partial charge in [-0.3, -0.25) is 14.6 Å². The average molecular weight is 264 g/mol. The third-order valence-electron chi connectivity index (χ3n) is 2.54. The zero-order valence-corrected chi connectivity index (χ0v) is 11.5. The number of nitrogens with two attached hydrogens (primary N) is 1. The highest BCUT2D eigenvalue weighted by Gasteiger charge is 2.15. The number of rotatable bonds is 6. The molecule has 0 aromatic carbocycles. The van der Waals surface area contributed by atoms with Crippen LogP contribution < -0.4 is 16.4 Å². The quantitative estimate of drug-likeness (QED) is 0.708. The predicted octanol–water partition coefficient (Wildman–Crippen LogP) is 0.816. The van der Waals surface area contributed by atoms with Gasteiger partial charge in [0.15, 0.2) is 0 Å². The summed E-state index contributed by atoms with van der Waals surface area (Å²) in [6.07, 6.45) is 1.64. The molecule has 104 valence electrons. The normalized spacial score (nSPS) is 11.7. The van der Waals surface area contributed by atoms with E-state index in [1.165, 1.54) is 6.20 Å². The van der Waals surface area contributed by atoms with Crippen LogP contribution in [-0.2, 0) is 4.79 Å². The van der Waals surface area contributed by atoms with Crippen LogP contribution >= 0.6 is 0 Å². The van der Waals surface area contributed by atoms with E-state index < -0.39 is 5.91 Å². The molecule has 1 aromatic heterocycles. The Hall–Kier alpha value is -2.11. The maximum Gasteiger partial charge on any atom is 0.255 e. The van der Waals surface area contributed by atoms with Gasteiger partial charge >= 0.3 is 0 Å². The van der Waals surface area contributed by atoms with Crippen molar-refractivity contribution < 1.29 is 9.59 Å². The Balaban J connectivity index is 2.84. The molecule has 0 aliphatic carbocycles. The Kier molecular flexibility index (Phi) is 5.29. The summed E-state index contributed by atoms with van der Waals surface area (Å²) in [6, 6.07) is 1.51. The maximum absolute atomic E-state index is 12.1. The zero-order chi connectivity index (χ0) is 14.4. The minimum Gasteiger partial charge on any atom is -0.385 e. The van der Waals surface area contributed by atoms with Crippen molar-refractivity contribution >= 4 is 17.5 Å². The highest BCUT2D eigenvalue weighted by Crippen LogP contribution is 2.15. The van der Waals surface area contributed by atoms with Gasteiger partial charge in [0.25, 0.3) is 5.91 Å². The van der Waals surface area contributed by atoms with Gasteiger partial charge in [0.2, 0.25) is 5.91 Å². The van der Waals surface area contributed by atoms with E-state index >= 15 is 0 Å². The van der Waals surface area contributed by atoms with Crippen molar-refractivity contribution in [1.29, 1.82) is 0 Å². The second-order valence-corrected chi connectivity index (χ2v) is 4.45. The van der Waals surface area contributed by atoms with Crippen molar-refractivity contribution in [2.24, 2.45) is 5.73 Å². The number of amides is 2. The molecule has 1 aromatic rings. The topological polar surface area (TPSA) is 97.1 Å². The number of aryl methyl sites for hydroxylation is 1. The molecule has 6 nitrogen and oxygen atoms in total. The molecule has 0 saturated carbocycles. The number of carbonyl (C=O) groups excluding carboxylic acids is 2. The summed E-state index contributed by atoms with van der Waals surface area (Å²) in [5, 5.41) is 5.85. The number of pyridine rings is 1. The molecule has 0 saturated heterocycles. The van der Waals surface area contributed by atoms with Gasteiger partial charge in [0.05, 0.1) is 11.3 Å². The van der Waals surface area contributed by atoms with Crippen LogP contribution in [0.25, 0.3) is 0 Å². The van der Waals surface area contributed by atoms with Crippen molar-refractivity contribution in [2.45, 2.75) is 33.2 Å². The number of aromatic nitrogens is 1. The lowest BCUT2D eigenvalue weighted by atomic mass is 10.1. The van der Waals surface area contributed by atoms with Crippen LogP contribution in [0, 0.1) is 6.92 Å². The third-order valence-corrected chi connectivity index (χ3v) is 2.54. The highest BCUT2D eigenvalue weighted by molar-refractivity contribution is 5.99. The first-order valence-electron chi connectivity index (χ1n) is 6.23. The van der Waals surface area contributed by atoms with E-state index in [1.54, 1.807) is 6.92 Å². The van der Waals surface area contributed by atoms with Crippen LogP contribution in [0.2, 0.25) is 0 Å². The van der Waals surface area contributed by atoms with Crippen molar-refractivity contribution in [1.82, 2.24) is 10.3 Å². The smallest absolute Gasteiger partial charge is 0.255 e. The van der Waals surface area contributed by atoms with Crippen LogP contribution in [0.5, 0.6) is 0 Å². The Morgan fingerprint density at radius 1 is 1.47 bits per heavy atom. The molecule has 19 heavy (non-hydrogen) atoms. The van der Waals surface area contributed by atoms with Crippen molar-refractivity contribution in [3.05, 3.63) is 23.5 Å². The first kappa shape index (κ1) is 14.9. The molecule has 0 bridgehead atoms. The summed E-state index contributed by atoms with van der Waals surface area (Å²) in [7, 11) is 0. The second kappa shape index (κ2) is 6.72. The van der Waals surface area contributed by atoms with Crippen LogP contribution in [-0.4, -0.2) is 29.4 Å². The number of primary amides is 1. The fraction of sp³-hybridized carbons (Fsp3) is 0.462. The fourth-order valence-corrected chi connectivity index (χ4v) is 1.73. The molecule has 0 spiro atoms. The van der Waals surface area contributed by atoms with Crippen LogP contribution in [0.4, 0.5) is 5.69 Å². The molecule has 1 heterocycles. The van der Waals surface area contributed by atoms with Gasteiger partial charge in [-0.2, -0.15) is 0 Å². The Morgan fingerprint density at radius 3 is 2.74 bits per heavy atom. The third kappa shape index (κ3) is 4.57. The van der Waals surface area contributed by atoms with E-state index in [1.807, 2.05) is 19.9 Å². The minimum atomic E-state index is -0.443. The number of hydrogen-bond donors (Lipinski definition) is 3. The predicted molar refractivity (Wildman–Crippen MR) is 73.9 cm³/mol. The highest BCUT2D eigenvalue weighted by atomic mass is 16.2. The largest absolute Gasteiger partial charge is 0.385 e. The monoisotopic (exact) mass is 264 g/mol. The maximum atomic E-state index is 12.1. The van der Waals surface area contributed by atoms with E-state index in [0.717, 1.165) is 11.4 Å². The number of hydrogen-bond acceptors (Lipinski definition) is 4. The van der Waals surface area contributed by atoms with E-state index in [-0.39, 0.29) is 18.4 Å². The molecule has 1 unspecified atom stereocenters. The molecule has 0 fully saturated rings. The second-order valence-electron chi connectivity index (χ2n) is 4.45. The van der Waals surface area contributed by atoms with Gasteiger partial charge in [0, 0.05) is 30.9 Å². The standard InChI is InChI=1S/C13H20N4O2/c1-4-15-11-5-8(2)16-7-10(11)13(19)17-9(3)6-12(14)18/h5,7,9H,4,6H2,1-3H3,(H2,14,18)(H,15,16)(H,17,19). The van der Waals surface area contributed by atoms with Crippen molar-refractivity contribution in [3.8, 4) is 0 Å². The van der Waals surface area contributed by atoms with Crippen molar-refractivity contribution in [2.75, 3.05) is 11.9 Å². The molecule has 0 aliphatic rings. The average Bonchev–Trinajstić information content (AvgIpc) is 2.27. The summed E-state index contributed by atoms with van der Waals surface area (Å²) >= 11 is 0. The van der Waals surface area contributed by atoms with Crippen molar-refractivity contribution in [3.63, 3.8) is 0 Å². The molecule has 0 aliphatic heterocycles. The molecule has 4 N–H and O–H groups in total. The van der Waals surface area contributed by atoms with E-state index in [4.69, 9.17) is 5.73 Å². The summed E-state index contributed by atoms with van der Waals surface area (Å²) in [4.78, 5) is 27.0. The van der Waals surface area contributed by atoms with Gasteiger partial charge in [-0.15, -0.1) is 0 Å². The summed E-state index contributed by atoms with van der Waals surface area (Å²) in [6.45, 7) is 6.25. The van der Waals surface area contributed by atoms with E-state index in [2.05, 4.69) is 15.6 Å². The Bertz CT molecular complexity index is 474. The minimum absolute atomic E-state index is 0.113. The van der Waals surface area contributed by atoms with E-state index in [0.29, 0.717) is 12.1 Å². The molecular formula is C13H20N4O2. The summed E-state index contributed by atoms with van der Waals surface area (Å²) in [5.41, 5.74) is 7.12. The summed E-state index contributed by atoms with van der Waals surface area (Å²) < 4.78 is 0. The van der Waals surface area contributed by atoms with Gasteiger partial charge in [-0.25, -0.2) is 0 Å². The van der Waals surface area contributed by atoms with Crippen LogP contribution in [0.3, 0.4) is 0 Å². The number of nitrogens with one attached hydrogen (secondary N) is 2. The lowest BCUT2D eigenvalue weighted by molar-refractivity contribution is -0.118. The molecule has 6 heteroatoms. The summed E-state index contributed by atoms with van der Waals surface area (Å²) in [5.74, 6) is -0.709. The van der Waals surface area contributed by atoms with Crippen LogP contribution in [0.15, 0.2) is 12.3 Å². The number of anilines is 1. The lowest BCUT2D eigenvalue weighted by Crippen LogP contribution is -2.36. The van der Waals surface area contributed by atoms with E-state index in [9.17, 15) is 9.59 Å². The Labute approximate surface area is 112 Å². The number of nitrogens with zero attached hydrogens (tertiary/aromatic N) is 1. The van der Waals surface area contributed by atoms with Crippen LogP contribution in [0.1, 0.15) is 36.3 Å². The molecular weight excluding hydrogens is 244 g/mol. The first-order chi connectivity index (χ1) is 8.93. The van der Waals surface area contributed by atoms with Gasteiger partial charge in [0.1, 0.15) is 0 Å². The molecule has 1 atom stereocenters. The molecule has 0 radical (unpaired) electrons. The van der Waals surface area contributed by atoms with Gasteiger partial charge in [-0.05, 0) is 26.8 Å². The van der Waals surface area contributed by atoms with Gasteiger partial charge < -0.3 is 16.4 Å². The Morgan fingerprint density at radius 2 is 2.16 bits per heavy atom. The number of carbonyl (C=O) groups is 2. The zero-order valence-electron chi connectivity index (χ0n) is 11.5.